The Hall–Kier alpha value is -1.84. The number of hydrogen-bond acceptors (Lipinski definition) is 5. The van der Waals surface area contributed by atoms with Crippen LogP contribution in [0.15, 0.2) is 18.2 Å². The topological polar surface area (TPSA) is 88.2 Å². The third kappa shape index (κ3) is 4.08. The largest absolute Gasteiger partial charge is 0.491 e. The molecular formula is C13H16ClN3O3. The fourth-order valence-corrected chi connectivity index (χ4v) is 2.00. The second-order valence-corrected chi connectivity index (χ2v) is 5.10. The standard InChI is InChI=1S/C13H16ClN3O3/c1-9(7-13(2,8-15)16-3)20-10-4-5-12(17(18)19)11(14)6-10/h4-6,9,16H,7H2,1-3H3. The van der Waals surface area contributed by atoms with Crippen molar-refractivity contribution in [1.29, 1.82) is 5.26 Å². The van der Waals surface area contributed by atoms with Crippen LogP contribution in [0, 0.1) is 21.4 Å². The molecule has 0 aliphatic rings. The summed E-state index contributed by atoms with van der Waals surface area (Å²) >= 11 is 5.81. The Bertz CT molecular complexity index is 544. The zero-order chi connectivity index (χ0) is 15.3. The predicted octanol–water partition coefficient (Wildman–Crippen LogP) is 2.91. The van der Waals surface area contributed by atoms with E-state index in [1.54, 1.807) is 14.0 Å². The van der Waals surface area contributed by atoms with Crippen molar-refractivity contribution < 1.29 is 9.66 Å². The second-order valence-electron chi connectivity index (χ2n) is 4.70. The maximum atomic E-state index is 10.7. The minimum atomic E-state index is -0.690. The average Bonchev–Trinajstić information content (AvgIpc) is 2.38. The van der Waals surface area contributed by atoms with Crippen LogP contribution in [0.4, 0.5) is 5.69 Å². The predicted molar refractivity (Wildman–Crippen MR) is 75.9 cm³/mol. The number of nitrogens with zero attached hydrogens (tertiary/aromatic N) is 2. The molecule has 1 rings (SSSR count). The summed E-state index contributed by atoms with van der Waals surface area (Å²) in [6.07, 6.45) is 0.221. The SMILES string of the molecule is CNC(C)(C#N)CC(C)Oc1ccc([N+](=O)[O-])c(Cl)c1. The first-order valence-electron chi connectivity index (χ1n) is 6.02. The van der Waals surface area contributed by atoms with Crippen molar-refractivity contribution >= 4 is 17.3 Å². The molecule has 1 N–H and O–H groups in total. The van der Waals surface area contributed by atoms with Gasteiger partial charge in [-0.25, -0.2) is 0 Å². The van der Waals surface area contributed by atoms with Crippen molar-refractivity contribution in [2.75, 3.05) is 7.05 Å². The monoisotopic (exact) mass is 297 g/mol. The molecular weight excluding hydrogens is 282 g/mol. The molecule has 2 unspecified atom stereocenters. The number of hydrogen-bond donors (Lipinski definition) is 1. The van der Waals surface area contributed by atoms with E-state index in [1.165, 1.54) is 18.2 Å². The van der Waals surface area contributed by atoms with Gasteiger partial charge in [0.05, 0.1) is 17.1 Å². The molecule has 7 heteroatoms. The molecule has 0 saturated carbocycles. The maximum absolute atomic E-state index is 10.7. The minimum Gasteiger partial charge on any atom is -0.491 e. The third-order valence-corrected chi connectivity index (χ3v) is 3.25. The van der Waals surface area contributed by atoms with Crippen LogP contribution < -0.4 is 10.1 Å². The molecule has 0 fully saturated rings. The van der Waals surface area contributed by atoms with E-state index in [1.807, 2.05) is 6.92 Å². The van der Waals surface area contributed by atoms with Crippen molar-refractivity contribution in [1.82, 2.24) is 5.32 Å². The number of nitrogens with one attached hydrogen (secondary N) is 1. The number of halogens is 1. The molecule has 2 atom stereocenters. The molecule has 20 heavy (non-hydrogen) atoms. The molecule has 0 heterocycles. The first-order valence-corrected chi connectivity index (χ1v) is 6.40. The van der Waals surface area contributed by atoms with Gasteiger partial charge in [0.25, 0.3) is 5.69 Å². The summed E-state index contributed by atoms with van der Waals surface area (Å²) in [5.41, 5.74) is -0.854. The molecule has 0 bridgehead atoms. The second kappa shape index (κ2) is 6.55. The maximum Gasteiger partial charge on any atom is 0.288 e. The highest BCUT2D eigenvalue weighted by molar-refractivity contribution is 6.32. The quantitative estimate of drug-likeness (QED) is 0.644. The van der Waals surface area contributed by atoms with Crippen LogP contribution in [-0.4, -0.2) is 23.6 Å². The van der Waals surface area contributed by atoms with E-state index in [0.29, 0.717) is 12.2 Å². The van der Waals surface area contributed by atoms with E-state index in [0.717, 1.165) is 0 Å². The van der Waals surface area contributed by atoms with Crippen LogP contribution in [-0.2, 0) is 0 Å². The van der Waals surface area contributed by atoms with Gasteiger partial charge in [-0.2, -0.15) is 5.26 Å². The number of ether oxygens (including phenoxy) is 1. The Labute approximate surface area is 122 Å². The normalized spacial score (nSPS) is 14.9. The lowest BCUT2D eigenvalue weighted by Gasteiger charge is -2.25. The molecule has 1 aromatic rings. The highest BCUT2D eigenvalue weighted by atomic mass is 35.5. The lowest BCUT2D eigenvalue weighted by atomic mass is 9.97. The van der Waals surface area contributed by atoms with E-state index in [4.69, 9.17) is 21.6 Å². The summed E-state index contributed by atoms with van der Waals surface area (Å²) in [5, 5.41) is 22.7. The van der Waals surface area contributed by atoms with Crippen LogP contribution in [0.3, 0.4) is 0 Å². The summed E-state index contributed by atoms with van der Waals surface area (Å²) < 4.78 is 5.63. The first kappa shape index (κ1) is 16.2. The van der Waals surface area contributed by atoms with Gasteiger partial charge >= 0.3 is 0 Å². The van der Waals surface area contributed by atoms with E-state index in [2.05, 4.69) is 11.4 Å². The average molecular weight is 298 g/mol. The Balaban J connectivity index is 2.77. The molecule has 0 spiro atoms. The Morgan fingerprint density at radius 2 is 2.30 bits per heavy atom. The van der Waals surface area contributed by atoms with Gasteiger partial charge < -0.3 is 10.1 Å². The number of nitro benzene ring substituents is 1. The van der Waals surface area contributed by atoms with Gasteiger partial charge in [0.1, 0.15) is 16.3 Å². The van der Waals surface area contributed by atoms with Gasteiger partial charge in [-0.3, -0.25) is 10.1 Å². The molecule has 0 aromatic heterocycles. The van der Waals surface area contributed by atoms with Gasteiger partial charge in [0.15, 0.2) is 0 Å². The van der Waals surface area contributed by atoms with Crippen LogP contribution in [0.25, 0.3) is 0 Å². The minimum absolute atomic E-state index is 0.0244. The number of benzene rings is 1. The van der Waals surface area contributed by atoms with Crippen molar-refractivity contribution in [2.45, 2.75) is 31.9 Å². The van der Waals surface area contributed by atoms with E-state index >= 15 is 0 Å². The summed E-state index contributed by atoms with van der Waals surface area (Å²) in [7, 11) is 1.71. The number of nitriles is 1. The van der Waals surface area contributed by atoms with Crippen molar-refractivity contribution in [3.63, 3.8) is 0 Å². The zero-order valence-corrected chi connectivity index (χ0v) is 12.3. The summed E-state index contributed by atoms with van der Waals surface area (Å²) in [6.45, 7) is 3.60. The Morgan fingerprint density at radius 3 is 2.75 bits per heavy atom. The molecule has 0 aliphatic carbocycles. The molecule has 0 amide bonds. The van der Waals surface area contributed by atoms with E-state index < -0.39 is 10.5 Å². The highest BCUT2D eigenvalue weighted by Crippen LogP contribution is 2.29. The van der Waals surface area contributed by atoms with Gasteiger partial charge in [-0.15, -0.1) is 0 Å². The van der Waals surface area contributed by atoms with Crippen LogP contribution in [0.5, 0.6) is 5.75 Å². The number of rotatable bonds is 6. The van der Waals surface area contributed by atoms with Crippen molar-refractivity contribution in [3.05, 3.63) is 33.3 Å². The number of nitro groups is 1. The molecule has 0 radical (unpaired) electrons. The molecule has 1 aromatic carbocycles. The first-order chi connectivity index (χ1) is 9.31. The zero-order valence-electron chi connectivity index (χ0n) is 11.5. The lowest BCUT2D eigenvalue weighted by Crippen LogP contribution is -2.41. The van der Waals surface area contributed by atoms with Crippen LogP contribution in [0.1, 0.15) is 20.3 Å². The third-order valence-electron chi connectivity index (χ3n) is 2.95. The van der Waals surface area contributed by atoms with Gasteiger partial charge in [-0.1, -0.05) is 11.6 Å². The highest BCUT2D eigenvalue weighted by Gasteiger charge is 2.25. The van der Waals surface area contributed by atoms with Crippen LogP contribution >= 0.6 is 11.6 Å². The fourth-order valence-electron chi connectivity index (χ4n) is 1.76. The van der Waals surface area contributed by atoms with Crippen molar-refractivity contribution in [3.8, 4) is 11.8 Å². The summed E-state index contributed by atoms with van der Waals surface area (Å²) in [4.78, 5) is 10.1. The fraction of sp³-hybridized carbons (Fsp3) is 0.462. The van der Waals surface area contributed by atoms with Gasteiger partial charge in [-0.05, 0) is 27.0 Å². The van der Waals surface area contributed by atoms with Gasteiger partial charge in [0, 0.05) is 18.6 Å². The van der Waals surface area contributed by atoms with Gasteiger partial charge in [0.2, 0.25) is 0 Å². The van der Waals surface area contributed by atoms with E-state index in [-0.39, 0.29) is 16.8 Å². The van der Waals surface area contributed by atoms with E-state index in [9.17, 15) is 10.1 Å². The molecule has 0 aliphatic heterocycles. The lowest BCUT2D eigenvalue weighted by molar-refractivity contribution is -0.384. The van der Waals surface area contributed by atoms with Crippen molar-refractivity contribution in [2.24, 2.45) is 0 Å². The molecule has 6 nitrogen and oxygen atoms in total. The molecule has 108 valence electrons. The molecule has 0 saturated heterocycles. The van der Waals surface area contributed by atoms with Crippen LogP contribution in [0.2, 0.25) is 5.02 Å². The summed E-state index contributed by atoms with van der Waals surface area (Å²) in [5.74, 6) is 0.435. The summed E-state index contributed by atoms with van der Waals surface area (Å²) in [6, 6.07) is 6.36. The Morgan fingerprint density at radius 1 is 1.65 bits per heavy atom. The smallest absolute Gasteiger partial charge is 0.288 e. The Kier molecular flexibility index (Phi) is 5.31.